The first-order valence-corrected chi connectivity index (χ1v) is 2.14. The van der Waals surface area contributed by atoms with Crippen molar-refractivity contribution in [2.24, 2.45) is 0 Å². The topological polar surface area (TPSA) is 0 Å². The van der Waals surface area contributed by atoms with Crippen LogP contribution >= 0.6 is 11.6 Å². The molecule has 0 saturated carbocycles. The van der Waals surface area contributed by atoms with E-state index in [1.165, 1.54) is 0 Å². The van der Waals surface area contributed by atoms with Gasteiger partial charge in [0.2, 0.25) is 0 Å². The largest absolute Gasteiger partial charge is 0.123 e. The van der Waals surface area contributed by atoms with Crippen molar-refractivity contribution in [3.05, 3.63) is 6.92 Å². The smallest absolute Gasteiger partial charge is 0.0307 e. The zero-order valence-corrected chi connectivity index (χ0v) is 4.13. The van der Waals surface area contributed by atoms with Crippen molar-refractivity contribution in [1.82, 2.24) is 0 Å². The molecule has 0 aromatic heterocycles. The second kappa shape index (κ2) is 2.52. The van der Waals surface area contributed by atoms with Crippen LogP contribution in [0.1, 0.15) is 13.3 Å². The Kier molecular flexibility index (Phi) is 2.67. The van der Waals surface area contributed by atoms with Crippen LogP contribution in [0.25, 0.3) is 0 Å². The van der Waals surface area contributed by atoms with Gasteiger partial charge in [-0.05, 0) is 13.3 Å². The fourth-order valence-corrected chi connectivity index (χ4v) is 0. The summed E-state index contributed by atoms with van der Waals surface area (Å²) in [5, 5.41) is 0.245. The molecule has 0 heterocycles. The Balaban J connectivity index is 2.54. The number of alkyl halides is 1. The molecule has 0 N–H and O–H groups in total. The van der Waals surface area contributed by atoms with Crippen LogP contribution in [0.3, 0.4) is 0 Å². The van der Waals surface area contributed by atoms with E-state index in [-0.39, 0.29) is 5.38 Å². The molecule has 0 aliphatic rings. The number of hydrogen-bond donors (Lipinski definition) is 0. The van der Waals surface area contributed by atoms with Gasteiger partial charge in [0.1, 0.15) is 0 Å². The molecule has 0 aliphatic carbocycles. The SMILES string of the molecule is [CH2]CC(C)Cl. The van der Waals surface area contributed by atoms with Gasteiger partial charge in [0.15, 0.2) is 0 Å². The van der Waals surface area contributed by atoms with Gasteiger partial charge < -0.3 is 0 Å². The Bertz CT molecular complexity index is 17.6. The third kappa shape index (κ3) is 4.29. The number of hydrogen-bond acceptors (Lipinski definition) is 0. The average Bonchev–Trinajstić information content (AvgIpc) is 1.38. The van der Waals surface area contributed by atoms with Crippen LogP contribution in [-0.4, -0.2) is 5.38 Å². The third-order valence-corrected chi connectivity index (χ3v) is 0.616. The fourth-order valence-electron chi connectivity index (χ4n) is 0. The van der Waals surface area contributed by atoms with Gasteiger partial charge in [-0.15, -0.1) is 11.6 Å². The monoisotopic (exact) mass is 91.0 g/mol. The van der Waals surface area contributed by atoms with Gasteiger partial charge in [-0.3, -0.25) is 0 Å². The second-order valence-electron chi connectivity index (χ2n) is 1.07. The van der Waals surface area contributed by atoms with Crippen molar-refractivity contribution in [3.63, 3.8) is 0 Å². The predicted octanol–water partition coefficient (Wildman–Crippen LogP) is 1.84. The van der Waals surface area contributed by atoms with Crippen LogP contribution < -0.4 is 0 Å². The van der Waals surface area contributed by atoms with E-state index in [2.05, 4.69) is 6.92 Å². The summed E-state index contributed by atoms with van der Waals surface area (Å²) in [6.45, 7) is 5.48. The van der Waals surface area contributed by atoms with E-state index in [9.17, 15) is 0 Å². The summed E-state index contributed by atoms with van der Waals surface area (Å²) in [6.07, 6.45) is 0.821. The third-order valence-electron chi connectivity index (χ3n) is 0.398. The van der Waals surface area contributed by atoms with Gasteiger partial charge in [-0.25, -0.2) is 0 Å². The van der Waals surface area contributed by atoms with Gasteiger partial charge in [0, 0.05) is 5.38 Å². The lowest BCUT2D eigenvalue weighted by Gasteiger charge is -1.87. The highest BCUT2D eigenvalue weighted by Gasteiger charge is 1.83. The fraction of sp³-hybridized carbons (Fsp3) is 0.750. The quantitative estimate of drug-likeness (QED) is 0.432. The lowest BCUT2D eigenvalue weighted by atomic mass is 10.4. The van der Waals surface area contributed by atoms with E-state index in [1.54, 1.807) is 0 Å². The lowest BCUT2D eigenvalue weighted by Crippen LogP contribution is -1.81. The highest BCUT2D eigenvalue weighted by atomic mass is 35.5. The lowest BCUT2D eigenvalue weighted by molar-refractivity contribution is 0.966. The van der Waals surface area contributed by atoms with Crippen molar-refractivity contribution < 1.29 is 0 Å². The van der Waals surface area contributed by atoms with Gasteiger partial charge in [0.25, 0.3) is 0 Å². The van der Waals surface area contributed by atoms with Crippen molar-refractivity contribution in [1.29, 1.82) is 0 Å². The van der Waals surface area contributed by atoms with Crippen LogP contribution in [0.4, 0.5) is 0 Å². The Labute approximate surface area is 38.1 Å². The number of halogens is 1. The van der Waals surface area contributed by atoms with Crippen molar-refractivity contribution in [3.8, 4) is 0 Å². The predicted molar refractivity (Wildman–Crippen MR) is 25.3 cm³/mol. The Morgan fingerprint density at radius 3 is 2.20 bits per heavy atom. The summed E-state index contributed by atoms with van der Waals surface area (Å²) in [7, 11) is 0. The minimum Gasteiger partial charge on any atom is -0.123 e. The van der Waals surface area contributed by atoms with Gasteiger partial charge in [-0.2, -0.15) is 0 Å². The minimum absolute atomic E-state index is 0.245. The molecule has 0 saturated heterocycles. The van der Waals surface area contributed by atoms with E-state index in [0.29, 0.717) is 0 Å². The molecule has 5 heavy (non-hydrogen) atoms. The first-order chi connectivity index (χ1) is 2.27. The first-order valence-electron chi connectivity index (χ1n) is 1.70. The molecule has 0 aromatic rings. The normalized spacial score (nSPS) is 15.0. The van der Waals surface area contributed by atoms with Gasteiger partial charge in [-0.1, -0.05) is 6.92 Å². The molecule has 0 amide bonds. The van der Waals surface area contributed by atoms with Crippen molar-refractivity contribution in [2.45, 2.75) is 18.7 Å². The zero-order chi connectivity index (χ0) is 4.28. The number of rotatable bonds is 1. The highest BCUT2D eigenvalue weighted by molar-refractivity contribution is 6.20. The molecule has 1 radical (unpaired) electrons. The van der Waals surface area contributed by atoms with E-state index in [4.69, 9.17) is 11.6 Å². The maximum Gasteiger partial charge on any atom is 0.0307 e. The summed E-state index contributed by atoms with van der Waals surface area (Å²) in [4.78, 5) is 0. The second-order valence-corrected chi connectivity index (χ2v) is 1.81. The molecular formula is C4H8Cl. The molecule has 1 atom stereocenters. The van der Waals surface area contributed by atoms with Crippen LogP contribution in [0.2, 0.25) is 0 Å². The minimum atomic E-state index is 0.245. The highest BCUT2D eigenvalue weighted by Crippen LogP contribution is 1.94. The van der Waals surface area contributed by atoms with Crippen LogP contribution in [-0.2, 0) is 0 Å². The molecule has 31 valence electrons. The molecule has 1 unspecified atom stereocenters. The molecule has 0 spiro atoms. The summed E-state index contributed by atoms with van der Waals surface area (Å²) < 4.78 is 0. The molecule has 0 rings (SSSR count). The first kappa shape index (κ1) is 5.29. The summed E-state index contributed by atoms with van der Waals surface area (Å²) in [5.41, 5.74) is 0. The van der Waals surface area contributed by atoms with E-state index in [0.717, 1.165) is 6.42 Å². The van der Waals surface area contributed by atoms with Crippen molar-refractivity contribution in [2.75, 3.05) is 0 Å². The maximum atomic E-state index is 5.40. The molecule has 0 fully saturated rings. The van der Waals surface area contributed by atoms with E-state index in [1.807, 2.05) is 6.92 Å². The van der Waals surface area contributed by atoms with E-state index < -0.39 is 0 Å². The van der Waals surface area contributed by atoms with Crippen molar-refractivity contribution >= 4 is 11.6 Å². The summed E-state index contributed by atoms with van der Waals surface area (Å²) >= 11 is 5.40. The summed E-state index contributed by atoms with van der Waals surface area (Å²) in [6, 6.07) is 0. The maximum absolute atomic E-state index is 5.40. The molecule has 0 nitrogen and oxygen atoms in total. The molecule has 1 heteroatoms. The Morgan fingerprint density at radius 2 is 2.20 bits per heavy atom. The molecular weight excluding hydrogens is 83.5 g/mol. The van der Waals surface area contributed by atoms with Crippen LogP contribution in [0.15, 0.2) is 0 Å². The summed E-state index contributed by atoms with van der Waals surface area (Å²) in [5.74, 6) is 0. The van der Waals surface area contributed by atoms with Crippen LogP contribution in [0, 0.1) is 6.92 Å². The van der Waals surface area contributed by atoms with Gasteiger partial charge >= 0.3 is 0 Å². The van der Waals surface area contributed by atoms with Gasteiger partial charge in [0.05, 0.1) is 0 Å². The molecule has 0 bridgehead atoms. The standard InChI is InChI=1S/C4H8Cl/c1-3-4(2)5/h4H,1,3H2,2H3. The Hall–Kier alpha value is 0.290. The van der Waals surface area contributed by atoms with Crippen LogP contribution in [0.5, 0.6) is 0 Å². The molecule has 0 aliphatic heterocycles. The molecule has 0 aromatic carbocycles. The van der Waals surface area contributed by atoms with E-state index >= 15 is 0 Å². The Morgan fingerprint density at radius 1 is 2.00 bits per heavy atom. The average molecular weight is 91.6 g/mol. The zero-order valence-electron chi connectivity index (χ0n) is 3.37.